The lowest BCUT2D eigenvalue weighted by molar-refractivity contribution is -0.128. The van der Waals surface area contributed by atoms with Crippen LogP contribution in [-0.2, 0) is 15.6 Å². The summed E-state index contributed by atoms with van der Waals surface area (Å²) >= 11 is 0. The fourth-order valence-corrected chi connectivity index (χ4v) is 3.17. The maximum atomic E-state index is 12.7. The number of pyridine rings is 1. The molecule has 6 heteroatoms. The second-order valence-electron chi connectivity index (χ2n) is 6.34. The predicted octanol–water partition coefficient (Wildman–Crippen LogP) is 2.24. The summed E-state index contributed by atoms with van der Waals surface area (Å²) in [6.07, 6.45) is 4.02. The maximum absolute atomic E-state index is 12.7. The number of ketones is 1. The Morgan fingerprint density at radius 1 is 1.29 bits per heavy atom. The van der Waals surface area contributed by atoms with Crippen LogP contribution in [0.3, 0.4) is 0 Å². The second-order valence-corrected chi connectivity index (χ2v) is 7.65. The maximum Gasteiger partial charge on any atom is 0.206 e. The molecule has 24 heavy (non-hydrogen) atoms. The summed E-state index contributed by atoms with van der Waals surface area (Å²) in [5.74, 6) is -0.503. The SMILES string of the molecule is Cc1ccc2c(=O)c(S(C)=O)c(C=CC(=O)C(C)(C)O)[nH]c2c1C. The molecule has 0 aliphatic heterocycles. The Balaban J connectivity index is 2.77. The van der Waals surface area contributed by atoms with Crippen molar-refractivity contribution < 1.29 is 14.1 Å². The number of carbonyl (C=O) groups excluding carboxylic acids is 1. The molecule has 2 N–H and O–H groups in total. The number of aryl methyl sites for hydroxylation is 2. The Hall–Kier alpha value is -2.05. The highest BCUT2D eigenvalue weighted by molar-refractivity contribution is 7.84. The summed E-state index contributed by atoms with van der Waals surface area (Å²) in [6.45, 7) is 6.60. The Kier molecular flexibility index (Phi) is 4.92. The molecule has 1 atom stereocenters. The van der Waals surface area contributed by atoms with Gasteiger partial charge in [0.15, 0.2) is 5.78 Å². The van der Waals surface area contributed by atoms with Gasteiger partial charge in [0.2, 0.25) is 5.43 Å². The number of aliphatic hydroxyl groups is 1. The van der Waals surface area contributed by atoms with Gasteiger partial charge in [0.05, 0.1) is 22.0 Å². The van der Waals surface area contributed by atoms with Crippen molar-refractivity contribution in [2.45, 2.75) is 38.2 Å². The molecule has 0 bridgehead atoms. The third-order valence-electron chi connectivity index (χ3n) is 3.98. The van der Waals surface area contributed by atoms with Crippen molar-refractivity contribution in [2.75, 3.05) is 6.26 Å². The lowest BCUT2D eigenvalue weighted by Gasteiger charge is -2.13. The first-order valence-electron chi connectivity index (χ1n) is 7.48. The van der Waals surface area contributed by atoms with Crippen molar-refractivity contribution in [1.29, 1.82) is 0 Å². The van der Waals surface area contributed by atoms with Crippen molar-refractivity contribution in [3.05, 3.63) is 45.3 Å². The van der Waals surface area contributed by atoms with Gasteiger partial charge in [0.1, 0.15) is 10.5 Å². The van der Waals surface area contributed by atoms with Crippen LogP contribution in [0.2, 0.25) is 0 Å². The molecule has 5 nitrogen and oxygen atoms in total. The minimum atomic E-state index is -1.52. The Bertz CT molecular complexity index is 933. The summed E-state index contributed by atoms with van der Waals surface area (Å²) in [7, 11) is -1.52. The van der Waals surface area contributed by atoms with E-state index in [-0.39, 0.29) is 10.3 Å². The number of H-pyrrole nitrogens is 1. The number of aromatic amines is 1. The molecule has 1 heterocycles. The van der Waals surface area contributed by atoms with E-state index in [1.807, 2.05) is 19.9 Å². The lowest BCUT2D eigenvalue weighted by Crippen LogP contribution is -2.29. The average Bonchev–Trinajstić information content (AvgIpc) is 2.47. The highest BCUT2D eigenvalue weighted by atomic mass is 32.2. The van der Waals surface area contributed by atoms with E-state index in [4.69, 9.17) is 0 Å². The molecule has 1 unspecified atom stereocenters. The molecule has 0 aliphatic rings. The van der Waals surface area contributed by atoms with E-state index in [9.17, 15) is 18.9 Å². The molecule has 1 aromatic heterocycles. The van der Waals surface area contributed by atoms with Crippen molar-refractivity contribution in [1.82, 2.24) is 4.98 Å². The van der Waals surface area contributed by atoms with E-state index in [0.29, 0.717) is 16.6 Å². The first-order valence-corrected chi connectivity index (χ1v) is 9.04. The van der Waals surface area contributed by atoms with Crippen LogP contribution in [0.4, 0.5) is 0 Å². The van der Waals surface area contributed by atoms with E-state index >= 15 is 0 Å². The van der Waals surface area contributed by atoms with E-state index in [1.54, 1.807) is 6.07 Å². The predicted molar refractivity (Wildman–Crippen MR) is 96.7 cm³/mol. The van der Waals surface area contributed by atoms with E-state index < -0.39 is 22.2 Å². The van der Waals surface area contributed by atoms with E-state index in [0.717, 1.165) is 11.1 Å². The molecule has 0 spiro atoms. The van der Waals surface area contributed by atoms with Gasteiger partial charge in [-0.25, -0.2) is 0 Å². The summed E-state index contributed by atoms with van der Waals surface area (Å²) < 4.78 is 12.0. The largest absolute Gasteiger partial charge is 0.382 e. The zero-order valence-corrected chi connectivity index (χ0v) is 15.2. The van der Waals surface area contributed by atoms with E-state index in [2.05, 4.69) is 4.98 Å². The minimum absolute atomic E-state index is 0.116. The molecule has 0 radical (unpaired) electrons. The smallest absolute Gasteiger partial charge is 0.206 e. The fourth-order valence-electron chi connectivity index (χ4n) is 2.37. The van der Waals surface area contributed by atoms with Gasteiger partial charge in [-0.2, -0.15) is 0 Å². The van der Waals surface area contributed by atoms with Crippen LogP contribution in [-0.4, -0.2) is 31.9 Å². The highest BCUT2D eigenvalue weighted by Crippen LogP contribution is 2.21. The zero-order chi connectivity index (χ0) is 18.2. The second kappa shape index (κ2) is 6.45. The molecule has 0 fully saturated rings. The van der Waals surface area contributed by atoms with Crippen LogP contribution in [0.5, 0.6) is 0 Å². The number of benzene rings is 1. The lowest BCUT2D eigenvalue weighted by atomic mass is 10.0. The van der Waals surface area contributed by atoms with E-state index in [1.165, 1.54) is 32.3 Å². The third kappa shape index (κ3) is 3.39. The van der Waals surface area contributed by atoms with Gasteiger partial charge in [-0.3, -0.25) is 13.8 Å². The molecular weight excluding hydrogens is 326 g/mol. The fraction of sp³-hybridized carbons (Fsp3) is 0.333. The van der Waals surface area contributed by atoms with Crippen molar-refractivity contribution in [3.63, 3.8) is 0 Å². The van der Waals surface area contributed by atoms with Gasteiger partial charge in [0, 0.05) is 11.6 Å². The molecule has 0 saturated heterocycles. The topological polar surface area (TPSA) is 87.2 Å². The monoisotopic (exact) mass is 347 g/mol. The van der Waals surface area contributed by atoms with Crippen molar-refractivity contribution in [3.8, 4) is 0 Å². The summed E-state index contributed by atoms with van der Waals surface area (Å²) in [5.41, 5.74) is 1.09. The molecule has 128 valence electrons. The summed E-state index contributed by atoms with van der Waals surface area (Å²) in [4.78, 5) is 27.8. The summed E-state index contributed by atoms with van der Waals surface area (Å²) in [6, 6.07) is 3.56. The Morgan fingerprint density at radius 3 is 2.46 bits per heavy atom. The number of nitrogens with one attached hydrogen (secondary N) is 1. The van der Waals surface area contributed by atoms with Crippen LogP contribution in [0, 0.1) is 13.8 Å². The van der Waals surface area contributed by atoms with Gasteiger partial charge >= 0.3 is 0 Å². The number of fused-ring (bicyclic) bond motifs is 1. The number of carbonyl (C=O) groups is 1. The molecule has 0 amide bonds. The van der Waals surface area contributed by atoms with Crippen LogP contribution in [0.25, 0.3) is 17.0 Å². The minimum Gasteiger partial charge on any atom is -0.382 e. The molecule has 0 saturated carbocycles. The quantitative estimate of drug-likeness (QED) is 0.831. The van der Waals surface area contributed by atoms with Gasteiger partial charge in [-0.05, 0) is 57.0 Å². The molecule has 0 aliphatic carbocycles. The van der Waals surface area contributed by atoms with Gasteiger partial charge in [-0.1, -0.05) is 6.07 Å². The average molecular weight is 347 g/mol. The van der Waals surface area contributed by atoms with Crippen LogP contribution in [0.1, 0.15) is 30.7 Å². The zero-order valence-electron chi connectivity index (χ0n) is 14.4. The Labute approximate surface area is 142 Å². The molecule has 1 aromatic carbocycles. The first-order chi connectivity index (χ1) is 11.0. The number of hydrogen-bond acceptors (Lipinski definition) is 4. The van der Waals surface area contributed by atoms with Crippen LogP contribution in [0.15, 0.2) is 27.9 Å². The first kappa shape index (κ1) is 18.3. The van der Waals surface area contributed by atoms with Gasteiger partial charge in [-0.15, -0.1) is 0 Å². The number of aromatic nitrogens is 1. The highest BCUT2D eigenvalue weighted by Gasteiger charge is 2.21. The normalized spacial score (nSPS) is 13.6. The Morgan fingerprint density at radius 2 is 1.92 bits per heavy atom. The van der Waals surface area contributed by atoms with Gasteiger partial charge < -0.3 is 10.1 Å². The van der Waals surface area contributed by atoms with Crippen molar-refractivity contribution in [2.24, 2.45) is 0 Å². The van der Waals surface area contributed by atoms with Crippen molar-refractivity contribution >= 4 is 33.6 Å². The molecule has 2 aromatic rings. The third-order valence-corrected chi connectivity index (χ3v) is 4.96. The summed E-state index contributed by atoms with van der Waals surface area (Å²) in [5, 5.41) is 10.2. The van der Waals surface area contributed by atoms with Crippen LogP contribution >= 0.6 is 0 Å². The van der Waals surface area contributed by atoms with Gasteiger partial charge in [0.25, 0.3) is 0 Å². The number of hydrogen-bond donors (Lipinski definition) is 2. The van der Waals surface area contributed by atoms with Crippen LogP contribution < -0.4 is 5.43 Å². The number of rotatable bonds is 4. The standard InChI is InChI=1S/C18H21NO4S/c1-10-6-7-12-15(11(10)2)19-13(17(16(12)21)24(5)23)8-9-14(20)18(3,4)22/h6-9,22H,1-5H3,(H,19,21). The molecular formula is C18H21NO4S. The molecule has 2 rings (SSSR count).